The number of carbonyl (C=O) groups excluding carboxylic acids is 1. The SMILES string of the molecule is O=C(CN1CCC(OC2CCCCC2)CC1)Nc1c(Cl)cccc1C(F)(F)F. The zero-order valence-electron chi connectivity index (χ0n) is 15.7. The smallest absolute Gasteiger partial charge is 0.375 e. The maximum atomic E-state index is 13.1. The fourth-order valence-electron chi connectivity index (χ4n) is 3.95. The lowest BCUT2D eigenvalue weighted by Gasteiger charge is -2.34. The molecule has 8 heteroatoms. The van der Waals surface area contributed by atoms with Crippen LogP contribution in [0.2, 0.25) is 5.02 Å². The fraction of sp³-hybridized carbons (Fsp3) is 0.650. The van der Waals surface area contributed by atoms with Crippen LogP contribution in [0.25, 0.3) is 0 Å². The second-order valence-electron chi connectivity index (χ2n) is 7.58. The Morgan fingerprint density at radius 2 is 1.75 bits per heavy atom. The van der Waals surface area contributed by atoms with Crippen LogP contribution in [0.4, 0.5) is 18.9 Å². The molecule has 1 saturated heterocycles. The number of hydrogen-bond donors (Lipinski definition) is 1. The molecule has 1 aromatic rings. The summed E-state index contributed by atoms with van der Waals surface area (Å²) >= 11 is 5.89. The van der Waals surface area contributed by atoms with Crippen molar-refractivity contribution in [2.24, 2.45) is 0 Å². The van der Waals surface area contributed by atoms with Gasteiger partial charge in [-0.1, -0.05) is 36.9 Å². The molecule has 0 aromatic heterocycles. The molecule has 0 bridgehead atoms. The van der Waals surface area contributed by atoms with Gasteiger partial charge in [0.15, 0.2) is 0 Å². The first kappa shape index (κ1) is 21.4. The zero-order valence-corrected chi connectivity index (χ0v) is 16.5. The topological polar surface area (TPSA) is 41.6 Å². The average Bonchev–Trinajstić information content (AvgIpc) is 2.65. The van der Waals surface area contributed by atoms with E-state index < -0.39 is 17.6 Å². The summed E-state index contributed by atoms with van der Waals surface area (Å²) in [6.07, 6.45) is 3.66. The van der Waals surface area contributed by atoms with E-state index in [0.29, 0.717) is 19.2 Å². The molecule has 1 heterocycles. The minimum absolute atomic E-state index is 0.0403. The fourth-order valence-corrected chi connectivity index (χ4v) is 4.17. The van der Waals surface area contributed by atoms with Crippen molar-refractivity contribution in [3.05, 3.63) is 28.8 Å². The summed E-state index contributed by atoms with van der Waals surface area (Å²) in [6.45, 7) is 1.43. The van der Waals surface area contributed by atoms with E-state index in [1.165, 1.54) is 31.4 Å². The lowest BCUT2D eigenvalue weighted by molar-refractivity contribution is -0.137. The Morgan fingerprint density at radius 3 is 2.39 bits per heavy atom. The van der Waals surface area contributed by atoms with Gasteiger partial charge >= 0.3 is 6.18 Å². The Bertz CT molecular complexity index is 670. The molecule has 1 saturated carbocycles. The first-order valence-corrected chi connectivity index (χ1v) is 10.2. The van der Waals surface area contributed by atoms with E-state index in [-0.39, 0.29) is 23.4 Å². The predicted octanol–water partition coefficient (Wildman–Crippen LogP) is 5.11. The second-order valence-corrected chi connectivity index (χ2v) is 7.99. The standard InChI is InChI=1S/C20H26ClF3N2O2/c21-17-8-4-7-16(20(22,23)24)19(17)25-18(27)13-26-11-9-15(10-12-26)28-14-5-2-1-3-6-14/h4,7-8,14-15H,1-3,5-6,9-13H2,(H,25,27). The van der Waals surface area contributed by atoms with Gasteiger partial charge in [-0.3, -0.25) is 9.69 Å². The lowest BCUT2D eigenvalue weighted by Crippen LogP contribution is -2.42. The van der Waals surface area contributed by atoms with Crippen LogP contribution >= 0.6 is 11.6 Å². The van der Waals surface area contributed by atoms with Gasteiger partial charge in [0, 0.05) is 13.1 Å². The van der Waals surface area contributed by atoms with Crippen LogP contribution in [-0.4, -0.2) is 42.6 Å². The number of piperidine rings is 1. The monoisotopic (exact) mass is 418 g/mol. The Hall–Kier alpha value is -1.31. The second kappa shape index (κ2) is 9.46. The van der Waals surface area contributed by atoms with Gasteiger partial charge in [-0.2, -0.15) is 13.2 Å². The van der Waals surface area contributed by atoms with E-state index in [9.17, 15) is 18.0 Å². The number of amides is 1. The van der Waals surface area contributed by atoms with E-state index >= 15 is 0 Å². The molecule has 3 rings (SSSR count). The Balaban J connectivity index is 1.49. The van der Waals surface area contributed by atoms with Crippen molar-refractivity contribution in [1.82, 2.24) is 4.90 Å². The van der Waals surface area contributed by atoms with Crippen molar-refractivity contribution >= 4 is 23.2 Å². The molecule has 1 aliphatic carbocycles. The minimum Gasteiger partial charge on any atom is -0.375 e. The molecule has 28 heavy (non-hydrogen) atoms. The molecule has 1 N–H and O–H groups in total. The van der Waals surface area contributed by atoms with Crippen molar-refractivity contribution in [2.75, 3.05) is 25.0 Å². The van der Waals surface area contributed by atoms with E-state index in [1.54, 1.807) is 0 Å². The number of para-hydroxylation sites is 1. The highest BCUT2D eigenvalue weighted by molar-refractivity contribution is 6.34. The van der Waals surface area contributed by atoms with Crippen LogP contribution in [0.3, 0.4) is 0 Å². The number of rotatable bonds is 5. The van der Waals surface area contributed by atoms with Crippen molar-refractivity contribution < 1.29 is 22.7 Å². The summed E-state index contributed by atoms with van der Waals surface area (Å²) in [5.74, 6) is -0.495. The van der Waals surface area contributed by atoms with Crippen LogP contribution < -0.4 is 5.32 Å². The number of nitrogens with one attached hydrogen (secondary N) is 1. The molecular weight excluding hydrogens is 393 g/mol. The van der Waals surface area contributed by atoms with E-state index in [4.69, 9.17) is 16.3 Å². The third kappa shape index (κ3) is 5.84. The highest BCUT2D eigenvalue weighted by atomic mass is 35.5. The summed E-state index contributed by atoms with van der Waals surface area (Å²) in [5.41, 5.74) is -1.31. The Labute approximate surface area is 168 Å². The number of carbonyl (C=O) groups is 1. The summed E-state index contributed by atoms with van der Waals surface area (Å²) in [5, 5.41) is 2.22. The molecule has 0 spiro atoms. The van der Waals surface area contributed by atoms with E-state index in [0.717, 1.165) is 31.7 Å². The molecule has 2 fully saturated rings. The summed E-state index contributed by atoms with van der Waals surface area (Å²) < 4.78 is 45.6. The van der Waals surface area contributed by atoms with Crippen molar-refractivity contribution in [3.8, 4) is 0 Å². The quantitative estimate of drug-likeness (QED) is 0.722. The first-order chi connectivity index (χ1) is 13.3. The van der Waals surface area contributed by atoms with Gasteiger partial charge in [0.2, 0.25) is 5.91 Å². The Morgan fingerprint density at radius 1 is 1.11 bits per heavy atom. The molecular formula is C20H26ClF3N2O2. The number of anilines is 1. The average molecular weight is 419 g/mol. The summed E-state index contributed by atoms with van der Waals surface area (Å²) in [4.78, 5) is 14.2. The van der Waals surface area contributed by atoms with Crippen LogP contribution in [0, 0.1) is 0 Å². The molecule has 1 amide bonds. The zero-order chi connectivity index (χ0) is 20.1. The third-order valence-corrected chi connectivity index (χ3v) is 5.74. The molecule has 4 nitrogen and oxygen atoms in total. The first-order valence-electron chi connectivity index (χ1n) is 9.86. The lowest BCUT2D eigenvalue weighted by atomic mass is 9.97. The maximum absolute atomic E-state index is 13.1. The van der Waals surface area contributed by atoms with Crippen LogP contribution in [-0.2, 0) is 15.7 Å². The predicted molar refractivity (Wildman–Crippen MR) is 103 cm³/mol. The maximum Gasteiger partial charge on any atom is 0.418 e. The van der Waals surface area contributed by atoms with Gasteiger partial charge in [-0.05, 0) is 37.8 Å². The molecule has 156 valence electrons. The van der Waals surface area contributed by atoms with Gasteiger partial charge in [0.25, 0.3) is 0 Å². The third-order valence-electron chi connectivity index (χ3n) is 5.42. The van der Waals surface area contributed by atoms with Crippen molar-refractivity contribution in [2.45, 2.75) is 63.3 Å². The molecule has 1 aromatic carbocycles. The van der Waals surface area contributed by atoms with E-state index in [1.807, 2.05) is 4.90 Å². The van der Waals surface area contributed by atoms with Gasteiger partial charge in [0.05, 0.1) is 35.0 Å². The molecule has 0 atom stereocenters. The molecule has 0 unspecified atom stereocenters. The molecule has 2 aliphatic rings. The van der Waals surface area contributed by atoms with Crippen LogP contribution in [0.5, 0.6) is 0 Å². The van der Waals surface area contributed by atoms with Crippen LogP contribution in [0.1, 0.15) is 50.5 Å². The number of nitrogens with zero attached hydrogens (tertiary/aromatic N) is 1. The Kier molecular flexibility index (Phi) is 7.23. The van der Waals surface area contributed by atoms with Crippen LogP contribution in [0.15, 0.2) is 18.2 Å². The molecule has 0 radical (unpaired) electrons. The van der Waals surface area contributed by atoms with Crippen molar-refractivity contribution in [3.63, 3.8) is 0 Å². The largest absolute Gasteiger partial charge is 0.418 e. The normalized spacial score (nSPS) is 20.3. The number of benzene rings is 1. The minimum atomic E-state index is -4.58. The summed E-state index contributed by atoms with van der Waals surface area (Å²) in [6, 6.07) is 3.47. The number of likely N-dealkylation sites (tertiary alicyclic amines) is 1. The summed E-state index contributed by atoms with van der Waals surface area (Å²) in [7, 11) is 0. The van der Waals surface area contributed by atoms with Gasteiger partial charge in [-0.15, -0.1) is 0 Å². The highest BCUT2D eigenvalue weighted by Crippen LogP contribution is 2.38. The molecule has 1 aliphatic heterocycles. The number of alkyl halides is 3. The number of ether oxygens (including phenoxy) is 1. The van der Waals surface area contributed by atoms with Gasteiger partial charge < -0.3 is 10.1 Å². The highest BCUT2D eigenvalue weighted by Gasteiger charge is 2.35. The van der Waals surface area contributed by atoms with E-state index in [2.05, 4.69) is 5.32 Å². The van der Waals surface area contributed by atoms with Gasteiger partial charge in [-0.25, -0.2) is 0 Å². The van der Waals surface area contributed by atoms with Gasteiger partial charge in [0.1, 0.15) is 0 Å². The van der Waals surface area contributed by atoms with Crippen molar-refractivity contribution in [1.29, 1.82) is 0 Å². The number of hydrogen-bond acceptors (Lipinski definition) is 3. The number of halogens is 4.